The summed E-state index contributed by atoms with van der Waals surface area (Å²) in [5, 5.41) is 8.82. The molecule has 1 atom stereocenters. The van der Waals surface area contributed by atoms with Crippen molar-refractivity contribution in [3.63, 3.8) is 0 Å². The van der Waals surface area contributed by atoms with Crippen LogP contribution in [0.5, 0.6) is 5.75 Å². The summed E-state index contributed by atoms with van der Waals surface area (Å²) in [5.74, 6) is 0.266. The molecule has 7 nitrogen and oxygen atoms in total. The quantitative estimate of drug-likeness (QED) is 0.450. The maximum absolute atomic E-state index is 12.5. The highest BCUT2D eigenvalue weighted by Gasteiger charge is 2.17. The molecule has 33 heavy (non-hydrogen) atoms. The number of benzene rings is 3. The third-order valence-corrected chi connectivity index (χ3v) is 5.22. The van der Waals surface area contributed by atoms with Crippen LogP contribution >= 0.6 is 0 Å². The number of hydrogen-bond acceptors (Lipinski definition) is 5. The van der Waals surface area contributed by atoms with Gasteiger partial charge in [0.25, 0.3) is 5.91 Å². The maximum Gasteiger partial charge on any atom is 0.255 e. The van der Waals surface area contributed by atoms with Crippen molar-refractivity contribution >= 4 is 28.9 Å². The highest BCUT2D eigenvalue weighted by molar-refractivity contribution is 6.04. The van der Waals surface area contributed by atoms with Crippen LogP contribution in [0.4, 0.5) is 17.1 Å². The Labute approximate surface area is 193 Å². The van der Waals surface area contributed by atoms with E-state index in [1.807, 2.05) is 42.5 Å². The lowest BCUT2D eigenvalue weighted by Gasteiger charge is -2.15. The first kappa shape index (κ1) is 22.4. The van der Waals surface area contributed by atoms with Gasteiger partial charge in [0.15, 0.2) is 0 Å². The summed E-state index contributed by atoms with van der Waals surface area (Å²) < 4.78 is 11.5. The van der Waals surface area contributed by atoms with E-state index in [2.05, 4.69) is 16.0 Å². The van der Waals surface area contributed by atoms with Crippen molar-refractivity contribution in [3.8, 4) is 5.75 Å². The second kappa shape index (κ2) is 11.2. The van der Waals surface area contributed by atoms with Gasteiger partial charge in [-0.05, 0) is 55.3 Å². The van der Waals surface area contributed by atoms with Crippen LogP contribution in [0, 0.1) is 0 Å². The Morgan fingerprint density at radius 2 is 1.67 bits per heavy atom. The number of amides is 2. The third-order valence-electron chi connectivity index (χ3n) is 5.22. The summed E-state index contributed by atoms with van der Waals surface area (Å²) in [6.45, 7) is 1.35. The fourth-order valence-corrected chi connectivity index (χ4v) is 3.55. The Balaban J connectivity index is 1.29. The molecule has 1 aliphatic heterocycles. The zero-order chi connectivity index (χ0) is 22.9. The SMILES string of the molecule is O=C(CNc1ccccc1OCC1CCCO1)Nc1cccc(NC(=O)c2ccccc2)c1. The predicted molar refractivity (Wildman–Crippen MR) is 129 cm³/mol. The minimum atomic E-state index is -0.213. The van der Waals surface area contributed by atoms with E-state index in [0.717, 1.165) is 25.1 Å². The van der Waals surface area contributed by atoms with Gasteiger partial charge in [-0.3, -0.25) is 9.59 Å². The Bertz CT molecular complexity index is 1080. The summed E-state index contributed by atoms with van der Waals surface area (Å²) in [6, 6.07) is 23.5. The molecule has 7 heteroatoms. The molecule has 3 N–H and O–H groups in total. The van der Waals surface area contributed by atoms with Gasteiger partial charge in [-0.1, -0.05) is 36.4 Å². The highest BCUT2D eigenvalue weighted by Crippen LogP contribution is 2.25. The van der Waals surface area contributed by atoms with Crippen LogP contribution in [0.1, 0.15) is 23.2 Å². The second-order valence-electron chi connectivity index (χ2n) is 7.74. The lowest BCUT2D eigenvalue weighted by atomic mass is 10.2. The van der Waals surface area contributed by atoms with E-state index in [1.54, 1.807) is 36.4 Å². The minimum absolute atomic E-state index is 0.0703. The number of carbonyl (C=O) groups excluding carboxylic acids is 2. The summed E-state index contributed by atoms with van der Waals surface area (Å²) in [4.78, 5) is 24.8. The van der Waals surface area contributed by atoms with Crippen molar-refractivity contribution in [1.29, 1.82) is 0 Å². The molecule has 1 unspecified atom stereocenters. The lowest BCUT2D eigenvalue weighted by molar-refractivity contribution is -0.114. The van der Waals surface area contributed by atoms with E-state index in [1.165, 1.54) is 0 Å². The Morgan fingerprint density at radius 1 is 0.909 bits per heavy atom. The maximum atomic E-state index is 12.5. The average Bonchev–Trinajstić information content (AvgIpc) is 3.36. The Hall–Kier alpha value is -3.84. The standard InChI is InChI=1S/C26H27N3O4/c30-25(17-27-23-13-4-5-14-24(23)33-18-22-12-7-15-32-22)28-20-10-6-11-21(16-20)29-26(31)19-8-2-1-3-9-19/h1-6,8-11,13-14,16,22,27H,7,12,15,17-18H2,(H,28,30)(H,29,31). The van der Waals surface area contributed by atoms with Crippen LogP contribution in [0.2, 0.25) is 0 Å². The third kappa shape index (κ3) is 6.57. The van der Waals surface area contributed by atoms with Crippen LogP contribution in [0.15, 0.2) is 78.9 Å². The van der Waals surface area contributed by atoms with Gasteiger partial charge in [0, 0.05) is 23.5 Å². The number of ether oxygens (including phenoxy) is 2. The van der Waals surface area contributed by atoms with Crippen LogP contribution in [0.3, 0.4) is 0 Å². The molecule has 0 aromatic heterocycles. The van der Waals surface area contributed by atoms with Crippen molar-refractivity contribution in [3.05, 3.63) is 84.4 Å². The van der Waals surface area contributed by atoms with E-state index in [9.17, 15) is 9.59 Å². The van der Waals surface area contributed by atoms with E-state index in [4.69, 9.17) is 9.47 Å². The summed E-state index contributed by atoms with van der Waals surface area (Å²) in [6.07, 6.45) is 2.18. The molecular formula is C26H27N3O4. The summed E-state index contributed by atoms with van der Waals surface area (Å²) >= 11 is 0. The molecule has 0 aliphatic carbocycles. The van der Waals surface area contributed by atoms with Crippen molar-refractivity contribution in [2.75, 3.05) is 35.7 Å². The van der Waals surface area contributed by atoms with E-state index in [0.29, 0.717) is 29.3 Å². The number of anilines is 3. The molecule has 170 valence electrons. The summed E-state index contributed by atoms with van der Waals surface area (Å²) in [7, 11) is 0. The number of nitrogens with one attached hydrogen (secondary N) is 3. The van der Waals surface area contributed by atoms with Crippen LogP contribution in [-0.4, -0.2) is 37.7 Å². The first-order valence-electron chi connectivity index (χ1n) is 11.0. The molecule has 0 radical (unpaired) electrons. The van der Waals surface area contributed by atoms with Crippen LogP contribution in [-0.2, 0) is 9.53 Å². The molecule has 2 amide bonds. The minimum Gasteiger partial charge on any atom is -0.489 e. The Morgan fingerprint density at radius 3 is 2.45 bits per heavy atom. The van der Waals surface area contributed by atoms with Gasteiger partial charge >= 0.3 is 0 Å². The molecular weight excluding hydrogens is 418 g/mol. The normalized spacial score (nSPS) is 15.0. The van der Waals surface area contributed by atoms with E-state index in [-0.39, 0.29) is 24.5 Å². The molecule has 3 aromatic carbocycles. The average molecular weight is 446 g/mol. The van der Waals surface area contributed by atoms with Gasteiger partial charge in [0.1, 0.15) is 12.4 Å². The molecule has 0 bridgehead atoms. The fraction of sp³-hybridized carbons (Fsp3) is 0.231. The van der Waals surface area contributed by atoms with Crippen LogP contribution < -0.4 is 20.7 Å². The lowest BCUT2D eigenvalue weighted by Crippen LogP contribution is -2.22. The number of hydrogen-bond donors (Lipinski definition) is 3. The summed E-state index contributed by atoms with van der Waals surface area (Å²) in [5.41, 5.74) is 2.50. The van der Waals surface area contributed by atoms with Crippen LogP contribution in [0.25, 0.3) is 0 Å². The van der Waals surface area contributed by atoms with Gasteiger partial charge in [0.05, 0.1) is 18.3 Å². The van der Waals surface area contributed by atoms with Crippen molar-refractivity contribution < 1.29 is 19.1 Å². The Kier molecular flexibility index (Phi) is 7.56. The molecule has 3 aromatic rings. The van der Waals surface area contributed by atoms with Gasteiger partial charge in [-0.15, -0.1) is 0 Å². The smallest absolute Gasteiger partial charge is 0.255 e. The molecule has 0 saturated carbocycles. The molecule has 1 heterocycles. The number of para-hydroxylation sites is 2. The number of rotatable bonds is 9. The molecule has 1 fully saturated rings. The van der Waals surface area contributed by atoms with Gasteiger partial charge in [-0.2, -0.15) is 0 Å². The largest absolute Gasteiger partial charge is 0.489 e. The van der Waals surface area contributed by atoms with E-state index < -0.39 is 0 Å². The van der Waals surface area contributed by atoms with Crippen molar-refractivity contribution in [2.24, 2.45) is 0 Å². The highest BCUT2D eigenvalue weighted by atomic mass is 16.5. The van der Waals surface area contributed by atoms with Gasteiger partial charge in [-0.25, -0.2) is 0 Å². The second-order valence-corrected chi connectivity index (χ2v) is 7.74. The van der Waals surface area contributed by atoms with Gasteiger partial charge < -0.3 is 25.4 Å². The van der Waals surface area contributed by atoms with Crippen molar-refractivity contribution in [2.45, 2.75) is 18.9 Å². The fourth-order valence-electron chi connectivity index (χ4n) is 3.55. The molecule has 1 saturated heterocycles. The monoisotopic (exact) mass is 445 g/mol. The topological polar surface area (TPSA) is 88.7 Å². The molecule has 0 spiro atoms. The van der Waals surface area contributed by atoms with Gasteiger partial charge in [0.2, 0.25) is 5.91 Å². The molecule has 1 aliphatic rings. The zero-order valence-corrected chi connectivity index (χ0v) is 18.3. The first-order chi connectivity index (χ1) is 16.2. The first-order valence-corrected chi connectivity index (χ1v) is 11.0. The molecule has 4 rings (SSSR count). The number of carbonyl (C=O) groups is 2. The van der Waals surface area contributed by atoms with Crippen molar-refractivity contribution in [1.82, 2.24) is 0 Å². The zero-order valence-electron chi connectivity index (χ0n) is 18.3. The predicted octanol–water partition coefficient (Wildman–Crippen LogP) is 4.55. The van der Waals surface area contributed by atoms with E-state index >= 15 is 0 Å².